The summed E-state index contributed by atoms with van der Waals surface area (Å²) in [5, 5.41) is 8.51. The van der Waals surface area contributed by atoms with Gasteiger partial charge >= 0.3 is 0 Å². The third kappa shape index (κ3) is 2.07. The molecule has 0 atom stereocenters. The zero-order chi connectivity index (χ0) is 8.97. The largest absolute Gasteiger partial charge is 0.198 e. The van der Waals surface area contributed by atoms with Gasteiger partial charge in [-0.1, -0.05) is 36.5 Å². The minimum Gasteiger partial charge on any atom is -0.198 e. The molecular weight excluding hydrogens is 186 g/mol. The molecule has 0 aliphatic carbocycles. The van der Waals surface area contributed by atoms with Crippen molar-refractivity contribution < 1.29 is 0 Å². The Morgan fingerprint density at radius 2 is 2.17 bits per heavy atom. The molecule has 12 heavy (non-hydrogen) atoms. The van der Waals surface area contributed by atoms with E-state index in [0.29, 0.717) is 10.6 Å². The molecule has 0 saturated heterocycles. The molecular formula is C9H7NS2. The Kier molecular flexibility index (Phi) is 3.27. The molecule has 0 fully saturated rings. The Morgan fingerprint density at radius 1 is 1.50 bits per heavy atom. The Labute approximate surface area is 82.4 Å². The van der Waals surface area contributed by atoms with Crippen LogP contribution in [0.5, 0.6) is 0 Å². The van der Waals surface area contributed by atoms with Gasteiger partial charge in [0, 0.05) is 5.56 Å². The van der Waals surface area contributed by atoms with Crippen LogP contribution in [0.4, 0.5) is 0 Å². The topological polar surface area (TPSA) is 23.8 Å². The van der Waals surface area contributed by atoms with Crippen molar-refractivity contribution in [1.82, 2.24) is 0 Å². The Morgan fingerprint density at radius 3 is 2.75 bits per heavy atom. The number of nitrogens with zero attached hydrogens (tertiary/aromatic N) is 1. The van der Waals surface area contributed by atoms with Crippen molar-refractivity contribution in [2.75, 3.05) is 0 Å². The van der Waals surface area contributed by atoms with E-state index in [2.05, 4.69) is 18.7 Å². The van der Waals surface area contributed by atoms with Gasteiger partial charge in [0.25, 0.3) is 0 Å². The van der Waals surface area contributed by atoms with Crippen molar-refractivity contribution >= 4 is 29.0 Å². The quantitative estimate of drug-likeness (QED) is 0.576. The zero-order valence-electron chi connectivity index (χ0n) is 6.32. The van der Waals surface area contributed by atoms with Gasteiger partial charge in [0.15, 0.2) is 0 Å². The molecule has 1 aromatic carbocycles. The van der Waals surface area contributed by atoms with Crippen LogP contribution in [0.1, 0.15) is 11.1 Å². The highest BCUT2D eigenvalue weighted by molar-refractivity contribution is 8.11. The fourth-order valence-corrected chi connectivity index (χ4v) is 1.39. The van der Waals surface area contributed by atoms with Crippen molar-refractivity contribution in [2.24, 2.45) is 0 Å². The van der Waals surface area contributed by atoms with Gasteiger partial charge in [-0.25, -0.2) is 0 Å². The fraction of sp³-hybridized carbons (Fsp3) is 0.111. The Bertz CT molecular complexity index is 339. The number of hydrogen-bond acceptors (Lipinski definition) is 2. The standard InChI is InChI=1S/C9H7NS2/c10-6-5-7-3-1-2-4-8(7)9(11)12/h1-4H,5H2,(H,11,12). The predicted molar refractivity (Wildman–Crippen MR) is 56.4 cm³/mol. The van der Waals surface area contributed by atoms with Gasteiger partial charge in [0.1, 0.15) is 0 Å². The molecule has 3 heteroatoms. The second kappa shape index (κ2) is 4.24. The maximum absolute atomic E-state index is 8.51. The molecule has 0 spiro atoms. The van der Waals surface area contributed by atoms with Crippen LogP contribution in [-0.4, -0.2) is 4.20 Å². The van der Waals surface area contributed by atoms with E-state index >= 15 is 0 Å². The van der Waals surface area contributed by atoms with E-state index < -0.39 is 0 Å². The van der Waals surface area contributed by atoms with Gasteiger partial charge in [-0.05, 0) is 5.56 Å². The zero-order valence-corrected chi connectivity index (χ0v) is 8.03. The lowest BCUT2D eigenvalue weighted by molar-refractivity contribution is 1.26. The molecule has 0 N–H and O–H groups in total. The van der Waals surface area contributed by atoms with Gasteiger partial charge in [0.2, 0.25) is 0 Å². The van der Waals surface area contributed by atoms with E-state index in [9.17, 15) is 0 Å². The van der Waals surface area contributed by atoms with E-state index in [1.165, 1.54) is 0 Å². The summed E-state index contributed by atoms with van der Waals surface area (Å²) in [4.78, 5) is 0. The van der Waals surface area contributed by atoms with Crippen LogP contribution in [0.3, 0.4) is 0 Å². The average Bonchev–Trinajstić information content (AvgIpc) is 2.05. The predicted octanol–water partition coefficient (Wildman–Crippen LogP) is 2.36. The normalized spacial score (nSPS) is 9.00. The first kappa shape index (κ1) is 9.24. The molecule has 0 bridgehead atoms. The molecule has 1 nitrogen and oxygen atoms in total. The number of nitriles is 1. The van der Waals surface area contributed by atoms with E-state index in [4.69, 9.17) is 17.5 Å². The highest BCUT2D eigenvalue weighted by atomic mass is 32.1. The van der Waals surface area contributed by atoms with Crippen molar-refractivity contribution in [1.29, 1.82) is 5.26 Å². The van der Waals surface area contributed by atoms with Crippen molar-refractivity contribution in [2.45, 2.75) is 6.42 Å². The summed E-state index contributed by atoms with van der Waals surface area (Å²) in [6.07, 6.45) is 0.386. The molecule has 0 aliphatic heterocycles. The highest BCUT2D eigenvalue weighted by Crippen LogP contribution is 2.12. The Hall–Kier alpha value is -0.850. The SMILES string of the molecule is N#CCc1ccccc1C(=S)S. The maximum Gasteiger partial charge on any atom is 0.0750 e. The Balaban J connectivity index is 3.10. The van der Waals surface area contributed by atoms with E-state index in [-0.39, 0.29) is 0 Å². The molecule has 1 aromatic rings. The second-order valence-electron chi connectivity index (χ2n) is 2.30. The molecule has 0 aliphatic rings. The van der Waals surface area contributed by atoms with E-state index in [1.807, 2.05) is 24.3 Å². The molecule has 0 saturated carbocycles. The minimum absolute atomic E-state index is 0.386. The number of benzene rings is 1. The van der Waals surface area contributed by atoms with Crippen LogP contribution in [0.15, 0.2) is 24.3 Å². The molecule has 0 radical (unpaired) electrons. The molecule has 0 heterocycles. The molecule has 0 unspecified atom stereocenters. The fourth-order valence-electron chi connectivity index (χ4n) is 0.968. The lowest BCUT2D eigenvalue weighted by atomic mass is 10.1. The lowest BCUT2D eigenvalue weighted by Crippen LogP contribution is -1.94. The number of thiol groups is 1. The number of hydrogen-bond donors (Lipinski definition) is 1. The van der Waals surface area contributed by atoms with Gasteiger partial charge in [-0.2, -0.15) is 5.26 Å². The first-order valence-corrected chi connectivity index (χ1v) is 4.29. The third-order valence-corrected chi connectivity index (χ3v) is 1.98. The second-order valence-corrected chi connectivity index (χ2v) is 3.46. The number of rotatable bonds is 2. The van der Waals surface area contributed by atoms with Gasteiger partial charge in [0.05, 0.1) is 16.7 Å². The van der Waals surface area contributed by atoms with Gasteiger partial charge in [-0.15, -0.1) is 12.6 Å². The molecule has 0 aromatic heterocycles. The lowest BCUT2D eigenvalue weighted by Gasteiger charge is -2.02. The summed E-state index contributed by atoms with van der Waals surface area (Å²) in [7, 11) is 0. The van der Waals surface area contributed by atoms with Gasteiger partial charge < -0.3 is 0 Å². The molecule has 1 rings (SSSR count). The first-order chi connectivity index (χ1) is 5.75. The van der Waals surface area contributed by atoms with Gasteiger partial charge in [-0.3, -0.25) is 0 Å². The third-order valence-electron chi connectivity index (χ3n) is 1.52. The van der Waals surface area contributed by atoms with E-state index in [0.717, 1.165) is 11.1 Å². The summed E-state index contributed by atoms with van der Waals surface area (Å²) in [5.41, 5.74) is 1.83. The van der Waals surface area contributed by atoms with Crippen LogP contribution in [0, 0.1) is 11.3 Å². The van der Waals surface area contributed by atoms with Crippen molar-refractivity contribution in [3.63, 3.8) is 0 Å². The summed E-state index contributed by atoms with van der Waals surface area (Å²) in [5.74, 6) is 0. The van der Waals surface area contributed by atoms with Crippen molar-refractivity contribution in [3.05, 3.63) is 35.4 Å². The minimum atomic E-state index is 0.386. The van der Waals surface area contributed by atoms with Crippen LogP contribution < -0.4 is 0 Å². The highest BCUT2D eigenvalue weighted by Gasteiger charge is 2.02. The van der Waals surface area contributed by atoms with Crippen LogP contribution >= 0.6 is 24.8 Å². The summed E-state index contributed by atoms with van der Waals surface area (Å²) in [6.45, 7) is 0. The molecule has 60 valence electrons. The summed E-state index contributed by atoms with van der Waals surface area (Å²) < 4.78 is 0.542. The van der Waals surface area contributed by atoms with Crippen LogP contribution in [0.25, 0.3) is 0 Å². The van der Waals surface area contributed by atoms with Crippen LogP contribution in [0.2, 0.25) is 0 Å². The van der Waals surface area contributed by atoms with E-state index in [1.54, 1.807) is 0 Å². The van der Waals surface area contributed by atoms with Crippen LogP contribution in [-0.2, 0) is 6.42 Å². The maximum atomic E-state index is 8.51. The monoisotopic (exact) mass is 193 g/mol. The van der Waals surface area contributed by atoms with Crippen molar-refractivity contribution in [3.8, 4) is 6.07 Å². The molecule has 0 amide bonds. The first-order valence-electron chi connectivity index (χ1n) is 3.44. The number of thiocarbonyl (C=S) groups is 1. The summed E-state index contributed by atoms with van der Waals surface area (Å²) in [6, 6.07) is 9.63. The smallest absolute Gasteiger partial charge is 0.0750 e. The average molecular weight is 193 g/mol. The summed E-state index contributed by atoms with van der Waals surface area (Å²) >= 11 is 8.99.